The van der Waals surface area contributed by atoms with Crippen LogP contribution in [-0.2, 0) is 11.3 Å². The van der Waals surface area contributed by atoms with Crippen molar-refractivity contribution in [1.82, 2.24) is 35.5 Å². The van der Waals surface area contributed by atoms with Crippen molar-refractivity contribution in [1.29, 1.82) is 0 Å². The third kappa shape index (κ3) is 5.78. The van der Waals surface area contributed by atoms with Gasteiger partial charge in [-0.05, 0) is 49.0 Å². The molecule has 5 N–H and O–H groups in total. The molecule has 1 aliphatic rings. The highest BCUT2D eigenvalue weighted by Crippen LogP contribution is 2.28. The van der Waals surface area contributed by atoms with Gasteiger partial charge in [0.05, 0.1) is 11.9 Å². The van der Waals surface area contributed by atoms with Gasteiger partial charge in [-0.25, -0.2) is 9.67 Å². The van der Waals surface area contributed by atoms with E-state index in [9.17, 15) is 4.79 Å². The Kier molecular flexibility index (Phi) is 7.61. The number of aliphatic imine (C=N–C) groups is 1. The number of amides is 1. The topological polar surface area (TPSA) is 127 Å². The zero-order chi connectivity index (χ0) is 24.8. The molecule has 184 valence electrons. The van der Waals surface area contributed by atoms with Crippen LogP contribution in [0.15, 0.2) is 60.5 Å². The van der Waals surface area contributed by atoms with Crippen LogP contribution in [0.3, 0.4) is 0 Å². The second-order valence-electron chi connectivity index (χ2n) is 8.94. The normalized spacial score (nSPS) is 16.0. The predicted octanol–water partition coefficient (Wildman–Crippen LogP) is 2.12. The number of hydrogen-bond acceptors (Lipinski definition) is 6. The van der Waals surface area contributed by atoms with Gasteiger partial charge in [0, 0.05) is 31.0 Å². The summed E-state index contributed by atoms with van der Waals surface area (Å²) in [5.41, 5.74) is 8.98. The standard InChI is InChI=1S/C25H33N9O/c1-17(2)21-16-31-34(24(21)32-23(26)25(35)29-14-19-9-11-27-13-19)18(3)28-15-20-7-4-5-8-22(20)33-12-6-10-30-33/h4-8,10,12,16-17,19,27-28H,3,9,11,13-15H2,1-2H3,(H2,26,32)(H,29,35). The van der Waals surface area contributed by atoms with Gasteiger partial charge in [-0.15, -0.1) is 0 Å². The summed E-state index contributed by atoms with van der Waals surface area (Å²) in [6.45, 7) is 11.2. The minimum atomic E-state index is -0.383. The van der Waals surface area contributed by atoms with Crippen molar-refractivity contribution >= 4 is 23.4 Å². The maximum atomic E-state index is 12.6. The Morgan fingerprint density at radius 1 is 1.29 bits per heavy atom. The molecule has 0 saturated carbocycles. The quantitative estimate of drug-likeness (QED) is 0.277. The average Bonchev–Trinajstić information content (AvgIpc) is 3.63. The summed E-state index contributed by atoms with van der Waals surface area (Å²) in [7, 11) is 0. The van der Waals surface area contributed by atoms with E-state index in [0.29, 0.717) is 30.6 Å². The number of para-hydroxylation sites is 1. The summed E-state index contributed by atoms with van der Waals surface area (Å²) >= 11 is 0. The van der Waals surface area contributed by atoms with Crippen LogP contribution in [0.2, 0.25) is 0 Å². The zero-order valence-electron chi connectivity index (χ0n) is 20.2. The molecule has 0 radical (unpaired) electrons. The predicted molar refractivity (Wildman–Crippen MR) is 137 cm³/mol. The van der Waals surface area contributed by atoms with Crippen LogP contribution in [0.25, 0.3) is 11.5 Å². The minimum Gasteiger partial charge on any atom is -0.379 e. The first-order valence-electron chi connectivity index (χ1n) is 11.9. The van der Waals surface area contributed by atoms with Gasteiger partial charge in [0.15, 0.2) is 11.7 Å². The molecule has 0 spiro atoms. The Hall–Kier alpha value is -3.92. The van der Waals surface area contributed by atoms with Crippen molar-refractivity contribution < 1.29 is 4.79 Å². The number of nitrogens with zero attached hydrogens (tertiary/aromatic N) is 5. The van der Waals surface area contributed by atoms with Gasteiger partial charge in [0.1, 0.15) is 5.82 Å². The fourth-order valence-corrected chi connectivity index (χ4v) is 4.02. The van der Waals surface area contributed by atoms with Gasteiger partial charge in [-0.2, -0.15) is 14.9 Å². The zero-order valence-corrected chi connectivity index (χ0v) is 20.2. The van der Waals surface area contributed by atoms with Crippen LogP contribution >= 0.6 is 0 Å². The van der Waals surface area contributed by atoms with Gasteiger partial charge < -0.3 is 21.7 Å². The molecule has 4 rings (SSSR count). The van der Waals surface area contributed by atoms with Gasteiger partial charge in [-0.3, -0.25) is 4.79 Å². The van der Waals surface area contributed by atoms with Crippen LogP contribution in [0, 0.1) is 5.92 Å². The van der Waals surface area contributed by atoms with E-state index in [1.807, 2.05) is 55.1 Å². The monoisotopic (exact) mass is 475 g/mol. The fraction of sp³-hybridized carbons (Fsp3) is 0.360. The van der Waals surface area contributed by atoms with Crippen LogP contribution in [0.5, 0.6) is 0 Å². The molecule has 1 amide bonds. The largest absolute Gasteiger partial charge is 0.379 e. The average molecular weight is 476 g/mol. The van der Waals surface area contributed by atoms with E-state index in [-0.39, 0.29) is 17.7 Å². The lowest BCUT2D eigenvalue weighted by molar-refractivity contribution is -0.115. The summed E-state index contributed by atoms with van der Waals surface area (Å²) in [4.78, 5) is 17.1. The van der Waals surface area contributed by atoms with E-state index < -0.39 is 0 Å². The molecule has 2 aromatic heterocycles. The van der Waals surface area contributed by atoms with E-state index >= 15 is 0 Å². The lowest BCUT2D eigenvalue weighted by atomic mass is 10.1. The minimum absolute atomic E-state index is 0.101. The Bertz CT molecular complexity index is 1190. The Balaban J connectivity index is 1.50. The van der Waals surface area contributed by atoms with Gasteiger partial charge >= 0.3 is 0 Å². The van der Waals surface area contributed by atoms with E-state index in [0.717, 1.165) is 36.3 Å². The van der Waals surface area contributed by atoms with E-state index in [2.05, 4.69) is 37.7 Å². The molecule has 0 aliphatic carbocycles. The molecule has 3 aromatic rings. The number of hydrogen-bond donors (Lipinski definition) is 4. The number of amidine groups is 1. The fourth-order valence-electron chi connectivity index (χ4n) is 4.02. The molecular formula is C25H33N9O. The molecule has 10 heteroatoms. The highest BCUT2D eigenvalue weighted by molar-refractivity contribution is 6.37. The maximum Gasteiger partial charge on any atom is 0.286 e. The van der Waals surface area contributed by atoms with Gasteiger partial charge in [0.2, 0.25) is 0 Å². The molecule has 1 atom stereocenters. The van der Waals surface area contributed by atoms with Crippen molar-refractivity contribution in [3.63, 3.8) is 0 Å². The third-order valence-electron chi connectivity index (χ3n) is 6.05. The number of rotatable bonds is 9. The second-order valence-corrected chi connectivity index (χ2v) is 8.94. The van der Waals surface area contributed by atoms with Gasteiger partial charge in [-0.1, -0.05) is 38.6 Å². The summed E-state index contributed by atoms with van der Waals surface area (Å²) < 4.78 is 3.41. The van der Waals surface area contributed by atoms with Crippen molar-refractivity contribution in [2.75, 3.05) is 19.6 Å². The molecule has 35 heavy (non-hydrogen) atoms. The SMILES string of the molecule is C=C(NCc1ccccc1-n1cccn1)n1ncc(C(C)C)c1/N=C(\N)C(=O)NCC1CCNC1. The highest BCUT2D eigenvalue weighted by Gasteiger charge is 2.19. The first-order valence-corrected chi connectivity index (χ1v) is 11.9. The Labute approximate surface area is 205 Å². The number of benzene rings is 1. The van der Waals surface area contributed by atoms with Crippen molar-refractivity contribution in [2.45, 2.75) is 32.7 Å². The molecule has 3 heterocycles. The molecule has 1 saturated heterocycles. The van der Waals surface area contributed by atoms with Crippen LogP contribution in [0.1, 0.15) is 37.3 Å². The van der Waals surface area contributed by atoms with Crippen molar-refractivity contribution in [3.8, 4) is 5.69 Å². The lowest BCUT2D eigenvalue weighted by Gasteiger charge is -2.15. The molecular weight excluding hydrogens is 442 g/mol. The van der Waals surface area contributed by atoms with E-state index in [4.69, 9.17) is 5.73 Å². The van der Waals surface area contributed by atoms with E-state index in [1.54, 1.807) is 17.1 Å². The molecule has 0 bridgehead atoms. The summed E-state index contributed by atoms with van der Waals surface area (Å²) in [6.07, 6.45) is 6.43. The van der Waals surface area contributed by atoms with Crippen LogP contribution < -0.4 is 21.7 Å². The molecule has 1 aliphatic heterocycles. The number of nitrogens with one attached hydrogen (secondary N) is 3. The van der Waals surface area contributed by atoms with Crippen LogP contribution in [0.4, 0.5) is 5.82 Å². The van der Waals surface area contributed by atoms with Crippen LogP contribution in [-0.4, -0.2) is 50.9 Å². The molecule has 1 unspecified atom stereocenters. The number of nitrogens with two attached hydrogens (primary N) is 1. The summed E-state index contributed by atoms with van der Waals surface area (Å²) in [5, 5.41) is 18.3. The number of carbonyl (C=O) groups is 1. The highest BCUT2D eigenvalue weighted by atomic mass is 16.2. The van der Waals surface area contributed by atoms with Crippen molar-refractivity contribution in [3.05, 3.63) is 66.6 Å². The van der Waals surface area contributed by atoms with Gasteiger partial charge in [0.25, 0.3) is 5.91 Å². The molecule has 10 nitrogen and oxygen atoms in total. The second kappa shape index (κ2) is 11.0. The Morgan fingerprint density at radius 3 is 2.83 bits per heavy atom. The first-order chi connectivity index (χ1) is 16.9. The lowest BCUT2D eigenvalue weighted by Crippen LogP contribution is -2.39. The summed E-state index contributed by atoms with van der Waals surface area (Å²) in [5.74, 6) is 1.08. The molecule has 1 aromatic carbocycles. The maximum absolute atomic E-state index is 12.6. The smallest absolute Gasteiger partial charge is 0.286 e. The third-order valence-corrected chi connectivity index (χ3v) is 6.05. The first kappa shape index (κ1) is 24.2. The Morgan fingerprint density at radius 2 is 2.11 bits per heavy atom. The molecule has 1 fully saturated rings. The number of carbonyl (C=O) groups excluding carboxylic acids is 1. The summed E-state index contributed by atoms with van der Waals surface area (Å²) in [6, 6.07) is 9.88. The number of aromatic nitrogens is 4. The van der Waals surface area contributed by atoms with Crippen molar-refractivity contribution in [2.24, 2.45) is 16.6 Å². The van der Waals surface area contributed by atoms with E-state index in [1.165, 1.54) is 0 Å².